The van der Waals surface area contributed by atoms with Gasteiger partial charge >= 0.3 is 11.8 Å². The Labute approximate surface area is 166 Å². The van der Waals surface area contributed by atoms with Crippen LogP contribution < -0.4 is 10.2 Å². The number of aryl methyl sites for hydroxylation is 2. The highest BCUT2D eigenvalue weighted by atomic mass is 79.9. The molecule has 140 valence electrons. The third-order valence-corrected chi connectivity index (χ3v) is 4.82. The summed E-state index contributed by atoms with van der Waals surface area (Å²) in [4.78, 5) is 40.0. The SMILES string of the molecule is Cc1cc(C)cc(N2CCN(CC(=O)Nc3ccc(Br)cc3)C(=O)C2=O)c1. The van der Waals surface area contributed by atoms with Crippen molar-refractivity contribution in [3.8, 4) is 0 Å². The molecule has 2 aromatic carbocycles. The quantitative estimate of drug-likeness (QED) is 0.759. The topological polar surface area (TPSA) is 69.7 Å². The van der Waals surface area contributed by atoms with E-state index in [1.54, 1.807) is 12.1 Å². The maximum Gasteiger partial charge on any atom is 0.316 e. The van der Waals surface area contributed by atoms with Crippen molar-refractivity contribution in [2.45, 2.75) is 13.8 Å². The number of nitrogens with one attached hydrogen (secondary N) is 1. The minimum absolute atomic E-state index is 0.151. The fraction of sp³-hybridized carbons (Fsp3) is 0.250. The number of hydrogen-bond acceptors (Lipinski definition) is 3. The van der Waals surface area contributed by atoms with Crippen molar-refractivity contribution in [1.82, 2.24) is 4.90 Å². The second kappa shape index (κ2) is 7.92. The molecule has 0 saturated carbocycles. The molecule has 1 saturated heterocycles. The Morgan fingerprint density at radius 3 is 2.26 bits per heavy atom. The lowest BCUT2D eigenvalue weighted by atomic mass is 10.1. The molecule has 0 aliphatic carbocycles. The van der Waals surface area contributed by atoms with E-state index in [1.165, 1.54) is 9.80 Å². The Morgan fingerprint density at radius 1 is 1.00 bits per heavy atom. The summed E-state index contributed by atoms with van der Waals surface area (Å²) in [5.41, 5.74) is 3.41. The summed E-state index contributed by atoms with van der Waals surface area (Å²) in [5, 5.41) is 2.73. The van der Waals surface area contributed by atoms with Gasteiger partial charge in [-0.2, -0.15) is 0 Å². The normalized spacial score (nSPS) is 14.5. The number of amides is 3. The molecule has 7 heteroatoms. The van der Waals surface area contributed by atoms with Crippen LogP contribution in [0.25, 0.3) is 0 Å². The van der Waals surface area contributed by atoms with Crippen molar-refractivity contribution in [3.63, 3.8) is 0 Å². The summed E-state index contributed by atoms with van der Waals surface area (Å²) >= 11 is 3.33. The van der Waals surface area contributed by atoms with Gasteiger partial charge in [0.05, 0.1) is 0 Å². The first-order valence-electron chi connectivity index (χ1n) is 8.58. The van der Waals surface area contributed by atoms with Gasteiger partial charge in [-0.1, -0.05) is 22.0 Å². The van der Waals surface area contributed by atoms with Gasteiger partial charge in [0.2, 0.25) is 5.91 Å². The van der Waals surface area contributed by atoms with Crippen LogP contribution in [0.1, 0.15) is 11.1 Å². The summed E-state index contributed by atoms with van der Waals surface area (Å²) in [6, 6.07) is 12.9. The van der Waals surface area contributed by atoms with Crippen molar-refractivity contribution < 1.29 is 14.4 Å². The van der Waals surface area contributed by atoms with E-state index in [-0.39, 0.29) is 12.5 Å². The molecule has 27 heavy (non-hydrogen) atoms. The highest BCUT2D eigenvalue weighted by molar-refractivity contribution is 9.10. The van der Waals surface area contributed by atoms with Crippen LogP contribution in [-0.2, 0) is 14.4 Å². The average molecular weight is 430 g/mol. The van der Waals surface area contributed by atoms with Crippen LogP contribution in [0.4, 0.5) is 11.4 Å². The van der Waals surface area contributed by atoms with Crippen molar-refractivity contribution >= 4 is 45.0 Å². The van der Waals surface area contributed by atoms with Gasteiger partial charge < -0.3 is 15.1 Å². The monoisotopic (exact) mass is 429 g/mol. The van der Waals surface area contributed by atoms with Crippen molar-refractivity contribution in [2.75, 3.05) is 29.9 Å². The number of halogens is 1. The minimum Gasteiger partial charge on any atom is -0.325 e. The second-order valence-electron chi connectivity index (χ2n) is 6.58. The smallest absolute Gasteiger partial charge is 0.316 e. The number of benzene rings is 2. The van der Waals surface area contributed by atoms with E-state index >= 15 is 0 Å². The molecule has 0 unspecified atom stereocenters. The van der Waals surface area contributed by atoms with Crippen LogP contribution in [0.2, 0.25) is 0 Å². The summed E-state index contributed by atoms with van der Waals surface area (Å²) in [5.74, 6) is -1.60. The Hall–Kier alpha value is -2.67. The average Bonchev–Trinajstić information content (AvgIpc) is 2.60. The fourth-order valence-corrected chi connectivity index (χ4v) is 3.35. The lowest BCUT2D eigenvalue weighted by Gasteiger charge is -2.33. The van der Waals surface area contributed by atoms with E-state index in [9.17, 15) is 14.4 Å². The summed E-state index contributed by atoms with van der Waals surface area (Å²) in [6.45, 7) is 4.42. The van der Waals surface area contributed by atoms with Crippen molar-refractivity contribution in [2.24, 2.45) is 0 Å². The van der Waals surface area contributed by atoms with Crippen LogP contribution in [0.5, 0.6) is 0 Å². The number of nitrogens with zero attached hydrogens (tertiary/aromatic N) is 2. The first-order valence-corrected chi connectivity index (χ1v) is 9.37. The van der Waals surface area contributed by atoms with E-state index < -0.39 is 11.8 Å². The zero-order chi connectivity index (χ0) is 19.6. The Morgan fingerprint density at radius 2 is 1.63 bits per heavy atom. The molecule has 0 atom stereocenters. The van der Waals surface area contributed by atoms with Gasteiger partial charge in [-0.3, -0.25) is 14.4 Å². The molecule has 0 spiro atoms. The number of anilines is 2. The molecule has 3 rings (SSSR count). The molecule has 0 aromatic heterocycles. The Balaban J connectivity index is 1.65. The number of hydrogen-bond donors (Lipinski definition) is 1. The molecule has 3 amide bonds. The minimum atomic E-state index is -0.661. The van der Waals surface area contributed by atoms with Gasteiger partial charge in [-0.15, -0.1) is 0 Å². The van der Waals surface area contributed by atoms with Gasteiger partial charge in [0.25, 0.3) is 0 Å². The standard InChI is InChI=1S/C20H20BrN3O3/c1-13-9-14(2)11-17(10-13)24-8-7-23(19(26)20(24)27)12-18(25)22-16-5-3-15(21)4-6-16/h3-6,9-11H,7-8,12H2,1-2H3,(H,22,25). The Bertz CT molecular complexity index is 876. The molecule has 1 aliphatic rings. The van der Waals surface area contributed by atoms with Gasteiger partial charge in [-0.25, -0.2) is 0 Å². The van der Waals surface area contributed by atoms with E-state index in [0.717, 1.165) is 15.6 Å². The number of piperazine rings is 1. The summed E-state index contributed by atoms with van der Waals surface area (Å²) < 4.78 is 0.906. The van der Waals surface area contributed by atoms with Gasteiger partial charge in [0.15, 0.2) is 0 Å². The second-order valence-corrected chi connectivity index (χ2v) is 7.50. The van der Waals surface area contributed by atoms with Crippen LogP contribution in [-0.4, -0.2) is 42.3 Å². The molecule has 2 aromatic rings. The molecule has 1 fully saturated rings. The summed E-state index contributed by atoms with van der Waals surface area (Å²) in [6.07, 6.45) is 0. The predicted octanol–water partition coefficient (Wildman–Crippen LogP) is 2.88. The maximum absolute atomic E-state index is 12.5. The fourth-order valence-electron chi connectivity index (χ4n) is 3.09. The third-order valence-electron chi connectivity index (χ3n) is 4.29. The van der Waals surface area contributed by atoms with Crippen LogP contribution in [0.15, 0.2) is 46.9 Å². The largest absolute Gasteiger partial charge is 0.325 e. The van der Waals surface area contributed by atoms with E-state index in [2.05, 4.69) is 21.2 Å². The number of carbonyl (C=O) groups is 3. The zero-order valence-corrected chi connectivity index (χ0v) is 16.7. The van der Waals surface area contributed by atoms with Crippen LogP contribution in [0, 0.1) is 13.8 Å². The van der Waals surface area contributed by atoms with Gasteiger partial charge in [-0.05, 0) is 61.4 Å². The number of carbonyl (C=O) groups excluding carboxylic acids is 3. The lowest BCUT2D eigenvalue weighted by molar-refractivity contribution is -0.147. The highest BCUT2D eigenvalue weighted by Crippen LogP contribution is 2.21. The molecular formula is C20H20BrN3O3. The zero-order valence-electron chi connectivity index (χ0n) is 15.2. The molecule has 1 aliphatic heterocycles. The molecular weight excluding hydrogens is 410 g/mol. The van der Waals surface area contributed by atoms with Crippen LogP contribution in [0.3, 0.4) is 0 Å². The maximum atomic E-state index is 12.5. The van der Waals surface area contributed by atoms with Crippen LogP contribution >= 0.6 is 15.9 Å². The molecule has 6 nitrogen and oxygen atoms in total. The summed E-state index contributed by atoms with van der Waals surface area (Å²) in [7, 11) is 0. The van der Waals surface area contributed by atoms with Crippen molar-refractivity contribution in [1.29, 1.82) is 0 Å². The number of rotatable bonds is 4. The van der Waals surface area contributed by atoms with Gasteiger partial charge in [0.1, 0.15) is 6.54 Å². The molecule has 1 heterocycles. The van der Waals surface area contributed by atoms with E-state index in [0.29, 0.717) is 24.5 Å². The first kappa shape index (κ1) is 19.1. The molecule has 0 bridgehead atoms. The van der Waals surface area contributed by atoms with Crippen molar-refractivity contribution in [3.05, 3.63) is 58.1 Å². The lowest BCUT2D eigenvalue weighted by Crippen LogP contribution is -2.56. The molecule has 1 N–H and O–H groups in total. The predicted molar refractivity (Wildman–Crippen MR) is 108 cm³/mol. The van der Waals surface area contributed by atoms with Gasteiger partial charge in [0, 0.05) is 28.9 Å². The highest BCUT2D eigenvalue weighted by Gasteiger charge is 2.34. The Kier molecular flexibility index (Phi) is 5.60. The van der Waals surface area contributed by atoms with E-state index in [4.69, 9.17) is 0 Å². The van der Waals surface area contributed by atoms with E-state index in [1.807, 2.05) is 44.2 Å². The molecule has 0 radical (unpaired) electrons. The third kappa shape index (κ3) is 4.54. The first-order chi connectivity index (χ1) is 12.8.